The van der Waals surface area contributed by atoms with Crippen molar-refractivity contribution in [1.82, 2.24) is 0 Å². The van der Waals surface area contributed by atoms with Gasteiger partial charge in [-0.1, -0.05) is 19.1 Å². The molecule has 1 aromatic carbocycles. The van der Waals surface area contributed by atoms with Crippen LogP contribution in [0.1, 0.15) is 13.3 Å². The predicted octanol–water partition coefficient (Wildman–Crippen LogP) is 2.41. The Labute approximate surface area is 106 Å². The number of carbonyl (C=O) groups is 1. The van der Waals surface area contributed by atoms with Gasteiger partial charge in [-0.25, -0.2) is 0 Å². The molecule has 1 unspecified atom stereocenters. The normalized spacial score (nSPS) is 12.6. The second-order valence-corrected chi connectivity index (χ2v) is 4.30. The molecule has 0 aliphatic carbocycles. The number of nitrogens with zero attached hydrogens (tertiary/aromatic N) is 1. The van der Waals surface area contributed by atoms with E-state index in [0.29, 0.717) is 6.42 Å². The van der Waals surface area contributed by atoms with Crippen LogP contribution in [0.25, 0.3) is 11.0 Å². The smallest absolute Gasteiger partial charge is 0.232 e. The number of aliphatic hydroxyl groups is 1. The second-order valence-electron chi connectivity index (χ2n) is 4.30. The van der Waals surface area contributed by atoms with Gasteiger partial charge in [-0.05, 0) is 18.6 Å². The van der Waals surface area contributed by atoms with Crippen molar-refractivity contribution in [3.8, 4) is 0 Å². The van der Waals surface area contributed by atoms with Gasteiger partial charge in [-0.3, -0.25) is 4.79 Å². The fraction of sp³-hybridized carbons (Fsp3) is 0.357. The summed E-state index contributed by atoms with van der Waals surface area (Å²) in [6, 6.07) is 7.57. The van der Waals surface area contributed by atoms with Gasteiger partial charge in [-0.2, -0.15) is 0 Å². The predicted molar refractivity (Wildman–Crippen MR) is 70.5 cm³/mol. The molecule has 0 aliphatic rings. The zero-order valence-corrected chi connectivity index (χ0v) is 10.6. The minimum Gasteiger partial charge on any atom is -0.462 e. The van der Waals surface area contributed by atoms with E-state index in [4.69, 9.17) is 4.42 Å². The van der Waals surface area contributed by atoms with E-state index in [0.717, 1.165) is 16.7 Å². The van der Waals surface area contributed by atoms with E-state index >= 15 is 0 Å². The number of hydrogen-bond donors (Lipinski definition) is 1. The highest BCUT2D eigenvalue weighted by molar-refractivity contribution is 6.02. The molecule has 2 rings (SSSR count). The Kier molecular flexibility index (Phi) is 3.67. The number of aliphatic hydroxyl groups excluding tert-OH is 1. The Morgan fingerprint density at radius 2 is 2.17 bits per heavy atom. The van der Waals surface area contributed by atoms with Gasteiger partial charge < -0.3 is 14.4 Å². The van der Waals surface area contributed by atoms with Crippen molar-refractivity contribution in [2.75, 3.05) is 18.6 Å². The number of benzene rings is 1. The highest BCUT2D eigenvalue weighted by atomic mass is 16.3. The molecular formula is C14H17NO3. The summed E-state index contributed by atoms with van der Waals surface area (Å²) in [5.41, 5.74) is 1.49. The monoisotopic (exact) mass is 247 g/mol. The third-order valence-corrected chi connectivity index (χ3v) is 3.21. The van der Waals surface area contributed by atoms with Crippen LogP contribution in [0, 0.1) is 5.92 Å². The van der Waals surface area contributed by atoms with E-state index in [9.17, 15) is 9.90 Å². The zero-order chi connectivity index (χ0) is 13.1. The summed E-state index contributed by atoms with van der Waals surface area (Å²) >= 11 is 0. The summed E-state index contributed by atoms with van der Waals surface area (Å²) < 4.78 is 5.41. The van der Waals surface area contributed by atoms with E-state index < -0.39 is 0 Å². The van der Waals surface area contributed by atoms with Crippen LogP contribution in [0.5, 0.6) is 0 Å². The molecule has 1 atom stereocenters. The third kappa shape index (κ3) is 2.11. The highest BCUT2D eigenvalue weighted by Crippen LogP contribution is 2.29. The quantitative estimate of drug-likeness (QED) is 0.902. The van der Waals surface area contributed by atoms with Gasteiger partial charge >= 0.3 is 0 Å². The minimum absolute atomic E-state index is 0.0912. The molecule has 0 spiro atoms. The maximum Gasteiger partial charge on any atom is 0.232 e. The van der Waals surface area contributed by atoms with E-state index in [-0.39, 0.29) is 18.4 Å². The lowest BCUT2D eigenvalue weighted by Crippen LogP contribution is -2.34. The summed E-state index contributed by atoms with van der Waals surface area (Å²) in [7, 11) is 1.71. The Morgan fingerprint density at radius 3 is 2.83 bits per heavy atom. The summed E-state index contributed by atoms with van der Waals surface area (Å²) in [5, 5.41) is 10.1. The van der Waals surface area contributed by atoms with E-state index in [2.05, 4.69) is 0 Å². The minimum atomic E-state index is -0.358. The van der Waals surface area contributed by atoms with Crippen LogP contribution in [-0.2, 0) is 4.79 Å². The van der Waals surface area contributed by atoms with Crippen molar-refractivity contribution in [1.29, 1.82) is 0 Å². The molecule has 18 heavy (non-hydrogen) atoms. The Morgan fingerprint density at radius 1 is 1.44 bits per heavy atom. The first-order valence-electron chi connectivity index (χ1n) is 6.03. The lowest BCUT2D eigenvalue weighted by atomic mass is 10.1. The lowest BCUT2D eigenvalue weighted by molar-refractivity contribution is -0.123. The first kappa shape index (κ1) is 12.6. The SMILES string of the molecule is CCC(CO)C(=O)N(C)c1coc2ccccc12. The number of amides is 1. The van der Waals surface area contributed by atoms with Crippen molar-refractivity contribution in [2.45, 2.75) is 13.3 Å². The van der Waals surface area contributed by atoms with Gasteiger partial charge in [0.2, 0.25) is 5.91 Å². The molecule has 0 bridgehead atoms. The molecule has 4 nitrogen and oxygen atoms in total. The van der Waals surface area contributed by atoms with Gasteiger partial charge in [0.25, 0.3) is 0 Å². The molecule has 2 aromatic rings. The van der Waals surface area contributed by atoms with Gasteiger partial charge in [0.15, 0.2) is 0 Å². The van der Waals surface area contributed by atoms with Crippen LogP contribution in [0.2, 0.25) is 0 Å². The van der Waals surface area contributed by atoms with Crippen molar-refractivity contribution >= 4 is 22.6 Å². The van der Waals surface area contributed by atoms with Crippen molar-refractivity contribution in [3.05, 3.63) is 30.5 Å². The molecule has 96 valence electrons. The largest absolute Gasteiger partial charge is 0.462 e. The summed E-state index contributed by atoms with van der Waals surface area (Å²) in [6.45, 7) is 1.76. The maximum atomic E-state index is 12.2. The van der Waals surface area contributed by atoms with Crippen LogP contribution >= 0.6 is 0 Å². The number of carbonyl (C=O) groups excluding carboxylic acids is 1. The first-order chi connectivity index (χ1) is 8.69. The molecule has 0 aliphatic heterocycles. The molecule has 4 heteroatoms. The fourth-order valence-electron chi connectivity index (χ4n) is 2.00. The lowest BCUT2D eigenvalue weighted by Gasteiger charge is -2.20. The number of rotatable bonds is 4. The zero-order valence-electron chi connectivity index (χ0n) is 10.6. The second kappa shape index (κ2) is 5.23. The van der Waals surface area contributed by atoms with Crippen LogP contribution in [-0.4, -0.2) is 24.7 Å². The molecule has 1 aromatic heterocycles. The average Bonchev–Trinajstić information content (AvgIpc) is 2.83. The number of fused-ring (bicyclic) bond motifs is 1. The van der Waals surface area contributed by atoms with Crippen molar-refractivity contribution in [2.24, 2.45) is 5.92 Å². The maximum absolute atomic E-state index is 12.2. The standard InChI is InChI=1S/C14H17NO3/c1-3-10(8-16)14(17)15(2)12-9-18-13-7-5-4-6-11(12)13/h4-7,9-10,16H,3,8H2,1-2H3. The average molecular weight is 247 g/mol. The summed E-state index contributed by atoms with van der Waals surface area (Å²) in [6.07, 6.45) is 2.20. The molecule has 0 saturated carbocycles. The van der Waals surface area contributed by atoms with Crippen molar-refractivity contribution in [3.63, 3.8) is 0 Å². The number of furan rings is 1. The van der Waals surface area contributed by atoms with Gasteiger partial charge in [0.05, 0.1) is 18.2 Å². The summed E-state index contributed by atoms with van der Waals surface area (Å²) in [5.74, 6) is -0.449. The van der Waals surface area contributed by atoms with Crippen LogP contribution in [0.15, 0.2) is 34.9 Å². The third-order valence-electron chi connectivity index (χ3n) is 3.21. The van der Waals surface area contributed by atoms with E-state index in [1.165, 1.54) is 0 Å². The highest BCUT2D eigenvalue weighted by Gasteiger charge is 2.22. The van der Waals surface area contributed by atoms with Crippen LogP contribution in [0.4, 0.5) is 5.69 Å². The molecule has 1 heterocycles. The number of anilines is 1. The molecule has 1 N–H and O–H groups in total. The van der Waals surface area contributed by atoms with Gasteiger partial charge in [0.1, 0.15) is 11.8 Å². The molecule has 0 saturated heterocycles. The molecule has 0 radical (unpaired) electrons. The number of hydrogen-bond acceptors (Lipinski definition) is 3. The van der Waals surface area contributed by atoms with E-state index in [1.54, 1.807) is 18.2 Å². The molecule has 1 amide bonds. The Balaban J connectivity index is 2.33. The summed E-state index contributed by atoms with van der Waals surface area (Å²) in [4.78, 5) is 13.7. The van der Waals surface area contributed by atoms with Crippen LogP contribution in [0.3, 0.4) is 0 Å². The van der Waals surface area contributed by atoms with Crippen molar-refractivity contribution < 1.29 is 14.3 Å². The topological polar surface area (TPSA) is 53.7 Å². The molecule has 0 fully saturated rings. The number of para-hydroxylation sites is 1. The Hall–Kier alpha value is -1.81. The first-order valence-corrected chi connectivity index (χ1v) is 6.03. The van der Waals surface area contributed by atoms with Gasteiger partial charge in [-0.15, -0.1) is 0 Å². The Bertz CT molecular complexity index is 543. The van der Waals surface area contributed by atoms with Gasteiger partial charge in [0, 0.05) is 12.4 Å². The van der Waals surface area contributed by atoms with E-state index in [1.807, 2.05) is 31.2 Å². The van der Waals surface area contributed by atoms with Crippen LogP contribution < -0.4 is 4.90 Å². The fourth-order valence-corrected chi connectivity index (χ4v) is 2.00. The molecular weight excluding hydrogens is 230 g/mol.